The summed E-state index contributed by atoms with van der Waals surface area (Å²) in [5, 5.41) is 5.40. The maximum atomic E-state index is 12.1. The highest BCUT2D eigenvalue weighted by atomic mass is 127. The Kier molecular flexibility index (Phi) is 4.46. The van der Waals surface area contributed by atoms with Crippen molar-refractivity contribution in [2.24, 2.45) is 0 Å². The standard InChI is InChI=1S/C14H19IN6O/c1-2-4-10(22)20-6-3-5-9(7-20)21-14-11(12(15)19-21)13(16)17-8-18-14/h8-9H,2-7H2,1H3,(H2,16,17,18)/t9-/m1/s1. The summed E-state index contributed by atoms with van der Waals surface area (Å²) in [6.45, 7) is 3.56. The molecule has 8 heteroatoms. The van der Waals surface area contributed by atoms with Gasteiger partial charge in [-0.25, -0.2) is 14.6 Å². The average Bonchev–Trinajstić information content (AvgIpc) is 2.86. The molecule has 0 unspecified atom stereocenters. The normalized spacial score (nSPS) is 18.8. The number of likely N-dealkylation sites (tertiary alicyclic amines) is 1. The number of anilines is 1. The van der Waals surface area contributed by atoms with E-state index in [-0.39, 0.29) is 11.9 Å². The fourth-order valence-corrected chi connectivity index (χ4v) is 3.71. The predicted octanol–water partition coefficient (Wildman–Crippen LogP) is 1.98. The number of halogens is 1. The molecule has 3 heterocycles. The number of nitrogens with two attached hydrogens (primary N) is 1. The van der Waals surface area contributed by atoms with Gasteiger partial charge in [-0.15, -0.1) is 0 Å². The van der Waals surface area contributed by atoms with Crippen molar-refractivity contribution in [3.8, 4) is 0 Å². The zero-order valence-corrected chi connectivity index (χ0v) is 14.7. The van der Waals surface area contributed by atoms with Crippen LogP contribution in [0, 0.1) is 3.70 Å². The highest BCUT2D eigenvalue weighted by molar-refractivity contribution is 14.1. The Morgan fingerprint density at radius 3 is 3.09 bits per heavy atom. The lowest BCUT2D eigenvalue weighted by Gasteiger charge is -2.33. The van der Waals surface area contributed by atoms with Crippen molar-refractivity contribution in [3.05, 3.63) is 10.0 Å². The van der Waals surface area contributed by atoms with E-state index in [1.165, 1.54) is 6.33 Å². The van der Waals surface area contributed by atoms with E-state index in [1.807, 2.05) is 16.5 Å². The van der Waals surface area contributed by atoms with Crippen LogP contribution in [0.2, 0.25) is 0 Å². The molecule has 0 radical (unpaired) electrons. The van der Waals surface area contributed by atoms with E-state index in [0.29, 0.717) is 18.8 Å². The number of rotatable bonds is 3. The van der Waals surface area contributed by atoms with Crippen molar-refractivity contribution in [2.45, 2.75) is 38.6 Å². The van der Waals surface area contributed by atoms with Crippen LogP contribution < -0.4 is 5.73 Å². The largest absolute Gasteiger partial charge is 0.383 e. The lowest BCUT2D eigenvalue weighted by Crippen LogP contribution is -2.40. The lowest BCUT2D eigenvalue weighted by molar-refractivity contribution is -0.132. The molecular weight excluding hydrogens is 395 g/mol. The molecule has 2 N–H and O–H groups in total. The predicted molar refractivity (Wildman–Crippen MR) is 92.2 cm³/mol. The Hall–Kier alpha value is -1.45. The van der Waals surface area contributed by atoms with E-state index < -0.39 is 0 Å². The third kappa shape index (κ3) is 2.75. The molecule has 0 saturated carbocycles. The van der Waals surface area contributed by atoms with Crippen LogP contribution in [0.15, 0.2) is 6.33 Å². The van der Waals surface area contributed by atoms with Crippen molar-refractivity contribution in [1.29, 1.82) is 0 Å². The number of hydrogen-bond donors (Lipinski definition) is 1. The lowest BCUT2D eigenvalue weighted by atomic mass is 10.1. The Morgan fingerprint density at radius 1 is 1.50 bits per heavy atom. The minimum absolute atomic E-state index is 0.148. The van der Waals surface area contributed by atoms with E-state index in [4.69, 9.17) is 5.73 Å². The number of carbonyl (C=O) groups excluding carboxylic acids is 1. The topological polar surface area (TPSA) is 89.9 Å². The van der Waals surface area contributed by atoms with Crippen molar-refractivity contribution in [1.82, 2.24) is 24.6 Å². The molecule has 0 aromatic carbocycles. The van der Waals surface area contributed by atoms with E-state index in [1.54, 1.807) is 0 Å². The molecule has 7 nitrogen and oxygen atoms in total. The molecule has 22 heavy (non-hydrogen) atoms. The van der Waals surface area contributed by atoms with Crippen LogP contribution in [0.5, 0.6) is 0 Å². The van der Waals surface area contributed by atoms with Crippen LogP contribution in [0.3, 0.4) is 0 Å². The van der Waals surface area contributed by atoms with E-state index in [9.17, 15) is 4.79 Å². The Labute approximate surface area is 142 Å². The summed E-state index contributed by atoms with van der Waals surface area (Å²) < 4.78 is 2.73. The second-order valence-corrected chi connectivity index (χ2v) is 6.60. The maximum absolute atomic E-state index is 12.1. The van der Waals surface area contributed by atoms with Crippen LogP contribution in [0.4, 0.5) is 5.82 Å². The smallest absolute Gasteiger partial charge is 0.222 e. The summed E-state index contributed by atoms with van der Waals surface area (Å²) in [5.74, 6) is 0.683. The van der Waals surface area contributed by atoms with Crippen LogP contribution in [0.1, 0.15) is 38.6 Å². The van der Waals surface area contributed by atoms with Crippen molar-refractivity contribution >= 4 is 45.3 Å². The first kappa shape index (κ1) is 15.4. The highest BCUT2D eigenvalue weighted by Crippen LogP contribution is 2.29. The Balaban J connectivity index is 1.91. The van der Waals surface area contributed by atoms with Gasteiger partial charge in [-0.2, -0.15) is 5.10 Å². The van der Waals surface area contributed by atoms with Gasteiger partial charge in [0.25, 0.3) is 0 Å². The third-order valence-electron chi connectivity index (χ3n) is 4.03. The summed E-state index contributed by atoms with van der Waals surface area (Å²) in [6, 6.07) is 0.148. The molecule has 118 valence electrons. The number of piperidine rings is 1. The molecule has 1 atom stereocenters. The van der Waals surface area contributed by atoms with Crippen LogP contribution >= 0.6 is 22.6 Å². The molecule has 0 bridgehead atoms. The number of hydrogen-bond acceptors (Lipinski definition) is 5. The van der Waals surface area contributed by atoms with E-state index >= 15 is 0 Å². The van der Waals surface area contributed by atoms with Crippen LogP contribution in [-0.2, 0) is 4.79 Å². The van der Waals surface area contributed by atoms with Gasteiger partial charge in [0.2, 0.25) is 5.91 Å². The summed E-state index contributed by atoms with van der Waals surface area (Å²) >= 11 is 2.16. The van der Waals surface area contributed by atoms with E-state index in [0.717, 1.165) is 40.5 Å². The van der Waals surface area contributed by atoms with Gasteiger partial charge in [-0.05, 0) is 41.9 Å². The second kappa shape index (κ2) is 6.35. The van der Waals surface area contributed by atoms with Crippen molar-refractivity contribution < 1.29 is 4.79 Å². The van der Waals surface area contributed by atoms with Gasteiger partial charge >= 0.3 is 0 Å². The molecule has 2 aromatic heterocycles. The van der Waals surface area contributed by atoms with Gasteiger partial charge in [0.15, 0.2) is 5.65 Å². The first-order chi connectivity index (χ1) is 10.6. The van der Waals surface area contributed by atoms with Gasteiger partial charge in [0.1, 0.15) is 15.8 Å². The Bertz CT molecular complexity index is 700. The average molecular weight is 414 g/mol. The zero-order chi connectivity index (χ0) is 15.7. The minimum atomic E-state index is 0.148. The molecule has 1 amide bonds. The molecule has 1 aliphatic rings. The molecule has 1 fully saturated rings. The van der Waals surface area contributed by atoms with Gasteiger partial charge in [0, 0.05) is 19.5 Å². The second-order valence-electron chi connectivity index (χ2n) is 5.58. The fraction of sp³-hybridized carbons (Fsp3) is 0.571. The summed E-state index contributed by atoms with van der Waals surface area (Å²) in [5.41, 5.74) is 6.70. The summed E-state index contributed by atoms with van der Waals surface area (Å²) in [4.78, 5) is 22.5. The van der Waals surface area contributed by atoms with Gasteiger partial charge in [-0.1, -0.05) is 6.92 Å². The number of fused-ring (bicyclic) bond motifs is 1. The molecule has 3 rings (SSSR count). The molecular formula is C14H19IN6O. The third-order valence-corrected chi connectivity index (χ3v) is 4.79. The number of amides is 1. The minimum Gasteiger partial charge on any atom is -0.383 e. The number of nitrogens with zero attached hydrogens (tertiary/aromatic N) is 5. The summed E-state index contributed by atoms with van der Waals surface area (Å²) in [7, 11) is 0. The maximum Gasteiger partial charge on any atom is 0.222 e. The number of aromatic nitrogens is 4. The van der Waals surface area contributed by atoms with E-state index in [2.05, 4.69) is 37.7 Å². The molecule has 1 saturated heterocycles. The zero-order valence-electron chi connectivity index (χ0n) is 12.5. The van der Waals surface area contributed by atoms with Crippen molar-refractivity contribution in [2.75, 3.05) is 18.8 Å². The van der Waals surface area contributed by atoms with Crippen LogP contribution in [-0.4, -0.2) is 43.6 Å². The first-order valence-electron chi connectivity index (χ1n) is 7.53. The first-order valence-corrected chi connectivity index (χ1v) is 8.61. The molecule has 0 spiro atoms. The molecule has 1 aliphatic heterocycles. The number of nitrogen functional groups attached to an aromatic ring is 1. The molecule has 0 aliphatic carbocycles. The van der Waals surface area contributed by atoms with Gasteiger partial charge in [-0.3, -0.25) is 4.79 Å². The Morgan fingerprint density at radius 2 is 2.32 bits per heavy atom. The number of carbonyl (C=O) groups is 1. The highest BCUT2D eigenvalue weighted by Gasteiger charge is 2.27. The molecule has 2 aromatic rings. The monoisotopic (exact) mass is 414 g/mol. The quantitative estimate of drug-likeness (QED) is 0.776. The van der Waals surface area contributed by atoms with Crippen LogP contribution in [0.25, 0.3) is 11.0 Å². The fourth-order valence-electron chi connectivity index (χ4n) is 2.96. The SMILES string of the molecule is CCCC(=O)N1CCC[C@@H](n2nc(I)c3c(N)ncnc32)C1. The van der Waals surface area contributed by atoms with Gasteiger partial charge in [0.05, 0.1) is 11.4 Å². The summed E-state index contributed by atoms with van der Waals surface area (Å²) in [6.07, 6.45) is 4.94. The van der Waals surface area contributed by atoms with Gasteiger partial charge < -0.3 is 10.6 Å². The van der Waals surface area contributed by atoms with Crippen molar-refractivity contribution in [3.63, 3.8) is 0 Å².